The Hall–Kier alpha value is -2.03. The summed E-state index contributed by atoms with van der Waals surface area (Å²) < 4.78 is 44.5. The Kier molecular flexibility index (Phi) is 4.54. The molecule has 1 rings (SSSR count). The number of anilines is 1. The normalized spacial score (nSPS) is 11.2. The molecule has 9 heteroatoms. The Morgan fingerprint density at radius 3 is 2.58 bits per heavy atom. The Balaban J connectivity index is 3.12. The van der Waals surface area contributed by atoms with Crippen molar-refractivity contribution in [1.29, 1.82) is 0 Å². The maximum Gasteiger partial charge on any atom is 0.573 e. The first-order valence-corrected chi connectivity index (χ1v) is 5.07. The van der Waals surface area contributed by atoms with Gasteiger partial charge in [0.1, 0.15) is 0 Å². The zero-order chi connectivity index (χ0) is 14.6. The number of nitrogens with two attached hydrogens (primary N) is 2. The maximum absolute atomic E-state index is 12.1. The number of rotatable bonds is 4. The van der Waals surface area contributed by atoms with Gasteiger partial charge < -0.3 is 20.9 Å². The van der Waals surface area contributed by atoms with E-state index >= 15 is 0 Å². The van der Waals surface area contributed by atoms with Crippen molar-refractivity contribution >= 4 is 11.7 Å². The molecule has 0 radical (unpaired) electrons. The fourth-order valence-electron chi connectivity index (χ4n) is 1.38. The number of hydrogen-bond donors (Lipinski definition) is 2. The number of carbonyl (C=O) groups is 1. The highest BCUT2D eigenvalue weighted by molar-refractivity contribution is 5.73. The fourth-order valence-corrected chi connectivity index (χ4v) is 1.38. The average Bonchev–Trinajstić information content (AvgIpc) is 2.31. The van der Waals surface area contributed by atoms with Crippen LogP contribution in [0.25, 0.3) is 0 Å². The first-order valence-electron chi connectivity index (χ1n) is 5.07. The lowest BCUT2D eigenvalue weighted by Crippen LogP contribution is -2.20. The number of alkyl halides is 3. The SMILES string of the molecule is COC(=O)Cc1ncc(OC(F)(F)F)c(N)c1CN. The van der Waals surface area contributed by atoms with Crippen LogP contribution in [0, 0.1) is 0 Å². The van der Waals surface area contributed by atoms with Crippen LogP contribution in [-0.4, -0.2) is 24.4 Å². The molecule has 0 fully saturated rings. The summed E-state index contributed by atoms with van der Waals surface area (Å²) in [4.78, 5) is 14.8. The van der Waals surface area contributed by atoms with E-state index in [2.05, 4.69) is 14.5 Å². The molecule has 0 unspecified atom stereocenters. The van der Waals surface area contributed by atoms with E-state index in [1.54, 1.807) is 0 Å². The largest absolute Gasteiger partial charge is 0.573 e. The van der Waals surface area contributed by atoms with Crippen LogP contribution >= 0.6 is 0 Å². The molecule has 1 heterocycles. The number of nitrogens with zero attached hydrogens (tertiary/aromatic N) is 1. The highest BCUT2D eigenvalue weighted by Crippen LogP contribution is 2.31. The number of carbonyl (C=O) groups excluding carboxylic acids is 1. The Labute approximate surface area is 106 Å². The molecule has 0 bridgehead atoms. The molecule has 0 spiro atoms. The number of methoxy groups -OCH3 is 1. The third kappa shape index (κ3) is 3.98. The minimum absolute atomic E-state index is 0.118. The summed E-state index contributed by atoms with van der Waals surface area (Å²) in [7, 11) is 1.18. The molecular formula is C10H12F3N3O3. The van der Waals surface area contributed by atoms with Crippen molar-refractivity contribution in [2.45, 2.75) is 19.3 Å². The van der Waals surface area contributed by atoms with Gasteiger partial charge in [-0.15, -0.1) is 13.2 Å². The number of pyridine rings is 1. The third-order valence-electron chi connectivity index (χ3n) is 2.25. The summed E-state index contributed by atoms with van der Waals surface area (Å²) in [5, 5.41) is 0. The second-order valence-corrected chi connectivity index (χ2v) is 3.47. The van der Waals surface area contributed by atoms with Gasteiger partial charge >= 0.3 is 12.3 Å². The summed E-state index contributed by atoms with van der Waals surface area (Å²) >= 11 is 0. The van der Waals surface area contributed by atoms with Gasteiger partial charge in [0.05, 0.1) is 31.1 Å². The maximum atomic E-state index is 12.1. The Bertz CT molecular complexity index is 477. The zero-order valence-corrected chi connectivity index (χ0v) is 9.95. The molecule has 0 aromatic carbocycles. The van der Waals surface area contributed by atoms with Crippen molar-refractivity contribution in [3.8, 4) is 5.75 Å². The van der Waals surface area contributed by atoms with Gasteiger partial charge in [-0.05, 0) is 0 Å². The number of ether oxygens (including phenoxy) is 2. The molecule has 0 aliphatic carbocycles. The average molecular weight is 279 g/mol. The van der Waals surface area contributed by atoms with Crippen LogP contribution in [0.5, 0.6) is 5.75 Å². The lowest BCUT2D eigenvalue weighted by Gasteiger charge is -2.15. The van der Waals surface area contributed by atoms with Gasteiger partial charge in [0.25, 0.3) is 0 Å². The Morgan fingerprint density at radius 1 is 1.47 bits per heavy atom. The van der Waals surface area contributed by atoms with Crippen LogP contribution in [0.2, 0.25) is 0 Å². The highest BCUT2D eigenvalue weighted by atomic mass is 19.4. The van der Waals surface area contributed by atoms with E-state index in [1.807, 2.05) is 0 Å². The van der Waals surface area contributed by atoms with Crippen LogP contribution < -0.4 is 16.2 Å². The molecule has 0 aliphatic rings. The first kappa shape index (κ1) is 15.0. The van der Waals surface area contributed by atoms with Crippen molar-refractivity contribution < 1.29 is 27.4 Å². The summed E-state index contributed by atoms with van der Waals surface area (Å²) in [6, 6.07) is 0. The second kappa shape index (κ2) is 5.74. The van der Waals surface area contributed by atoms with Gasteiger partial charge in [0.2, 0.25) is 0 Å². The molecule has 0 saturated heterocycles. The van der Waals surface area contributed by atoms with Crippen molar-refractivity contribution in [3.05, 3.63) is 17.5 Å². The molecule has 0 aliphatic heterocycles. The molecule has 1 aromatic heterocycles. The van der Waals surface area contributed by atoms with E-state index < -0.39 is 18.1 Å². The van der Waals surface area contributed by atoms with Gasteiger partial charge in [-0.25, -0.2) is 0 Å². The lowest BCUT2D eigenvalue weighted by atomic mass is 10.1. The monoisotopic (exact) mass is 279 g/mol. The van der Waals surface area contributed by atoms with Crippen molar-refractivity contribution in [2.24, 2.45) is 5.73 Å². The van der Waals surface area contributed by atoms with E-state index in [9.17, 15) is 18.0 Å². The van der Waals surface area contributed by atoms with E-state index in [-0.39, 0.29) is 29.9 Å². The number of halogens is 3. The first-order chi connectivity index (χ1) is 8.78. The quantitative estimate of drug-likeness (QED) is 0.788. The Morgan fingerprint density at radius 2 is 2.11 bits per heavy atom. The number of hydrogen-bond acceptors (Lipinski definition) is 6. The summed E-state index contributed by atoms with van der Waals surface area (Å²) in [5.41, 5.74) is 10.9. The van der Waals surface area contributed by atoms with Gasteiger partial charge in [-0.3, -0.25) is 9.78 Å². The molecule has 19 heavy (non-hydrogen) atoms. The number of aromatic nitrogens is 1. The molecule has 0 amide bonds. The molecule has 4 N–H and O–H groups in total. The molecule has 1 aromatic rings. The van der Waals surface area contributed by atoms with Gasteiger partial charge in [0.15, 0.2) is 5.75 Å². The van der Waals surface area contributed by atoms with Crippen LogP contribution in [0.15, 0.2) is 6.20 Å². The topological polar surface area (TPSA) is 100 Å². The fraction of sp³-hybridized carbons (Fsp3) is 0.400. The van der Waals surface area contributed by atoms with Crippen molar-refractivity contribution in [2.75, 3.05) is 12.8 Å². The molecular weight excluding hydrogens is 267 g/mol. The number of esters is 1. The predicted molar refractivity (Wildman–Crippen MR) is 58.9 cm³/mol. The van der Waals surface area contributed by atoms with Crippen LogP contribution in [0.4, 0.5) is 18.9 Å². The summed E-state index contributed by atoms with van der Waals surface area (Å²) in [6.07, 6.45) is -4.33. The highest BCUT2D eigenvalue weighted by Gasteiger charge is 2.32. The molecule has 0 saturated carbocycles. The molecule has 6 nitrogen and oxygen atoms in total. The zero-order valence-electron chi connectivity index (χ0n) is 9.95. The molecule has 106 valence electrons. The smallest absolute Gasteiger partial charge is 0.469 e. The van der Waals surface area contributed by atoms with Crippen LogP contribution in [-0.2, 0) is 22.5 Å². The lowest BCUT2D eigenvalue weighted by molar-refractivity contribution is -0.274. The standard InChI is InChI=1S/C10H12F3N3O3/c1-18-8(17)2-6-5(3-14)9(15)7(4-16-6)19-10(11,12)13/h4H,2-3,14H2,1H3,(H2,15,16). The van der Waals surface area contributed by atoms with E-state index in [1.165, 1.54) is 7.11 Å². The van der Waals surface area contributed by atoms with Crippen molar-refractivity contribution in [1.82, 2.24) is 4.98 Å². The third-order valence-corrected chi connectivity index (χ3v) is 2.25. The van der Waals surface area contributed by atoms with Gasteiger partial charge in [-0.2, -0.15) is 0 Å². The van der Waals surface area contributed by atoms with E-state index in [0.29, 0.717) is 0 Å². The van der Waals surface area contributed by atoms with Gasteiger partial charge in [0, 0.05) is 12.1 Å². The number of nitrogen functional groups attached to an aromatic ring is 1. The van der Waals surface area contributed by atoms with Crippen LogP contribution in [0.3, 0.4) is 0 Å². The summed E-state index contributed by atoms with van der Waals surface area (Å²) in [6.45, 7) is -0.180. The summed E-state index contributed by atoms with van der Waals surface area (Å²) in [5.74, 6) is -1.26. The van der Waals surface area contributed by atoms with Gasteiger partial charge in [-0.1, -0.05) is 0 Å². The minimum atomic E-state index is -4.88. The predicted octanol–water partition coefficient (Wildman–Crippen LogP) is 0.737. The molecule has 0 atom stereocenters. The van der Waals surface area contributed by atoms with E-state index in [4.69, 9.17) is 11.5 Å². The van der Waals surface area contributed by atoms with E-state index in [0.717, 1.165) is 6.20 Å². The second-order valence-electron chi connectivity index (χ2n) is 3.47. The van der Waals surface area contributed by atoms with Crippen LogP contribution in [0.1, 0.15) is 11.3 Å². The minimum Gasteiger partial charge on any atom is -0.469 e. The van der Waals surface area contributed by atoms with Crippen molar-refractivity contribution in [3.63, 3.8) is 0 Å².